The third-order valence-corrected chi connectivity index (χ3v) is 2.81. The van der Waals surface area contributed by atoms with Gasteiger partial charge in [-0.3, -0.25) is 0 Å². The van der Waals surface area contributed by atoms with Crippen LogP contribution in [0, 0.1) is 0 Å². The largest absolute Gasteiger partial charge is 0.508 e. The number of rotatable bonds is 2. The quantitative estimate of drug-likeness (QED) is 0.837. The van der Waals surface area contributed by atoms with E-state index in [2.05, 4.69) is 0 Å². The zero-order chi connectivity index (χ0) is 11.5. The summed E-state index contributed by atoms with van der Waals surface area (Å²) in [6, 6.07) is 12.8. The molecule has 3 N–H and O–H groups in total. The average Bonchev–Trinajstić information content (AvgIpc) is 2.29. The monoisotopic (exact) mass is 233 g/mol. The highest BCUT2D eigenvalue weighted by Crippen LogP contribution is 2.27. The Balaban J connectivity index is 2.48. The van der Waals surface area contributed by atoms with Crippen LogP contribution in [0.2, 0.25) is 5.02 Å². The number of phenols is 1. The van der Waals surface area contributed by atoms with Crippen LogP contribution in [0.1, 0.15) is 5.56 Å². The Morgan fingerprint density at radius 1 is 1.06 bits per heavy atom. The standard InChI is InChI=1S/C13H12ClNO/c14-13-5-4-10(6-11(13)8-15)9-2-1-3-12(16)7-9/h1-7,16H,8,15H2. The van der Waals surface area contributed by atoms with E-state index in [9.17, 15) is 5.11 Å². The first-order valence-corrected chi connectivity index (χ1v) is 5.36. The molecule has 2 nitrogen and oxygen atoms in total. The molecule has 0 bridgehead atoms. The minimum absolute atomic E-state index is 0.252. The number of benzene rings is 2. The summed E-state index contributed by atoms with van der Waals surface area (Å²) in [5.74, 6) is 0.252. The molecule has 0 spiro atoms. The van der Waals surface area contributed by atoms with E-state index in [1.807, 2.05) is 24.3 Å². The zero-order valence-corrected chi connectivity index (χ0v) is 9.41. The number of hydrogen-bond acceptors (Lipinski definition) is 2. The van der Waals surface area contributed by atoms with Crippen molar-refractivity contribution in [3.8, 4) is 16.9 Å². The molecule has 0 radical (unpaired) electrons. The molecule has 82 valence electrons. The summed E-state index contributed by atoms with van der Waals surface area (Å²) in [6.45, 7) is 0.408. The summed E-state index contributed by atoms with van der Waals surface area (Å²) < 4.78 is 0. The van der Waals surface area contributed by atoms with Crippen LogP contribution < -0.4 is 5.73 Å². The van der Waals surface area contributed by atoms with Crippen molar-refractivity contribution in [1.82, 2.24) is 0 Å². The first-order chi connectivity index (χ1) is 7.70. The first-order valence-electron chi connectivity index (χ1n) is 4.98. The third-order valence-electron chi connectivity index (χ3n) is 2.45. The third kappa shape index (κ3) is 2.18. The topological polar surface area (TPSA) is 46.2 Å². The van der Waals surface area contributed by atoms with E-state index in [0.717, 1.165) is 16.7 Å². The molecule has 0 atom stereocenters. The van der Waals surface area contributed by atoms with Crippen molar-refractivity contribution in [2.75, 3.05) is 0 Å². The lowest BCUT2D eigenvalue weighted by molar-refractivity contribution is 0.475. The van der Waals surface area contributed by atoms with Gasteiger partial charge in [-0.05, 0) is 41.0 Å². The molecular weight excluding hydrogens is 222 g/mol. The Bertz CT molecular complexity index is 511. The molecule has 0 fully saturated rings. The highest BCUT2D eigenvalue weighted by molar-refractivity contribution is 6.31. The van der Waals surface area contributed by atoms with E-state index in [1.165, 1.54) is 0 Å². The minimum Gasteiger partial charge on any atom is -0.508 e. The van der Waals surface area contributed by atoms with Crippen molar-refractivity contribution < 1.29 is 5.11 Å². The highest BCUT2D eigenvalue weighted by Gasteiger charge is 2.03. The van der Waals surface area contributed by atoms with Crippen LogP contribution >= 0.6 is 11.6 Å². The van der Waals surface area contributed by atoms with Crippen LogP contribution in [-0.4, -0.2) is 5.11 Å². The van der Waals surface area contributed by atoms with Gasteiger partial charge in [-0.25, -0.2) is 0 Å². The van der Waals surface area contributed by atoms with Crippen LogP contribution in [0.5, 0.6) is 5.75 Å². The number of hydrogen-bond donors (Lipinski definition) is 2. The highest BCUT2D eigenvalue weighted by atomic mass is 35.5. The molecule has 2 rings (SSSR count). The van der Waals surface area contributed by atoms with Crippen molar-refractivity contribution in [3.05, 3.63) is 53.1 Å². The first kappa shape index (κ1) is 11.0. The second-order valence-electron chi connectivity index (χ2n) is 3.56. The zero-order valence-electron chi connectivity index (χ0n) is 8.65. The molecule has 3 heteroatoms. The Hall–Kier alpha value is -1.51. The maximum atomic E-state index is 9.40. The maximum Gasteiger partial charge on any atom is 0.116 e. The normalized spacial score (nSPS) is 10.4. The lowest BCUT2D eigenvalue weighted by Gasteiger charge is -2.06. The molecule has 0 amide bonds. The van der Waals surface area contributed by atoms with E-state index < -0.39 is 0 Å². The molecule has 0 saturated heterocycles. The van der Waals surface area contributed by atoms with Gasteiger partial charge in [0.25, 0.3) is 0 Å². The predicted molar refractivity (Wildman–Crippen MR) is 66.4 cm³/mol. The molecule has 16 heavy (non-hydrogen) atoms. The smallest absolute Gasteiger partial charge is 0.116 e. The number of phenolic OH excluding ortho intramolecular Hbond substituents is 1. The van der Waals surface area contributed by atoms with E-state index >= 15 is 0 Å². The summed E-state index contributed by atoms with van der Waals surface area (Å²) >= 11 is 5.99. The summed E-state index contributed by atoms with van der Waals surface area (Å²) in [5, 5.41) is 10.1. The Morgan fingerprint density at radius 2 is 1.81 bits per heavy atom. The fourth-order valence-electron chi connectivity index (χ4n) is 1.60. The SMILES string of the molecule is NCc1cc(-c2cccc(O)c2)ccc1Cl. The number of halogens is 1. The van der Waals surface area contributed by atoms with Gasteiger partial charge < -0.3 is 10.8 Å². The lowest BCUT2D eigenvalue weighted by atomic mass is 10.0. The van der Waals surface area contributed by atoms with Gasteiger partial charge in [-0.15, -0.1) is 0 Å². The summed E-state index contributed by atoms with van der Waals surface area (Å²) in [5.41, 5.74) is 8.45. The van der Waals surface area contributed by atoms with Crippen molar-refractivity contribution in [2.45, 2.75) is 6.54 Å². The fraction of sp³-hybridized carbons (Fsp3) is 0.0769. The van der Waals surface area contributed by atoms with Crippen LogP contribution in [0.3, 0.4) is 0 Å². The van der Waals surface area contributed by atoms with Crippen molar-refractivity contribution in [3.63, 3.8) is 0 Å². The van der Waals surface area contributed by atoms with Gasteiger partial charge in [0, 0.05) is 11.6 Å². The summed E-state index contributed by atoms with van der Waals surface area (Å²) in [7, 11) is 0. The summed E-state index contributed by atoms with van der Waals surface area (Å²) in [4.78, 5) is 0. The Morgan fingerprint density at radius 3 is 2.50 bits per heavy atom. The molecule has 0 aliphatic heterocycles. The van der Waals surface area contributed by atoms with Crippen LogP contribution in [0.15, 0.2) is 42.5 Å². The van der Waals surface area contributed by atoms with Gasteiger partial charge in [0.1, 0.15) is 5.75 Å². The molecule has 2 aromatic carbocycles. The lowest BCUT2D eigenvalue weighted by Crippen LogP contribution is -1.97. The second-order valence-corrected chi connectivity index (χ2v) is 3.97. The molecule has 0 aliphatic rings. The van der Waals surface area contributed by atoms with Crippen molar-refractivity contribution >= 4 is 11.6 Å². The second kappa shape index (κ2) is 4.56. The van der Waals surface area contributed by atoms with E-state index in [0.29, 0.717) is 11.6 Å². The van der Waals surface area contributed by atoms with Gasteiger partial charge in [0.05, 0.1) is 0 Å². The maximum absolute atomic E-state index is 9.40. The van der Waals surface area contributed by atoms with Crippen LogP contribution in [0.4, 0.5) is 0 Å². The fourth-order valence-corrected chi connectivity index (χ4v) is 1.79. The Kier molecular flexibility index (Phi) is 3.13. The molecule has 0 aromatic heterocycles. The van der Waals surface area contributed by atoms with Gasteiger partial charge in [0.15, 0.2) is 0 Å². The van der Waals surface area contributed by atoms with E-state index in [-0.39, 0.29) is 5.75 Å². The minimum atomic E-state index is 0.252. The number of nitrogens with two attached hydrogens (primary N) is 1. The van der Waals surface area contributed by atoms with Gasteiger partial charge in [-0.1, -0.05) is 29.8 Å². The molecule has 0 saturated carbocycles. The average molecular weight is 234 g/mol. The van der Waals surface area contributed by atoms with Crippen LogP contribution in [0.25, 0.3) is 11.1 Å². The molecule has 0 aliphatic carbocycles. The molecule has 0 unspecified atom stereocenters. The van der Waals surface area contributed by atoms with Crippen molar-refractivity contribution in [2.24, 2.45) is 5.73 Å². The summed E-state index contributed by atoms with van der Waals surface area (Å²) in [6.07, 6.45) is 0. The van der Waals surface area contributed by atoms with Gasteiger partial charge in [0.2, 0.25) is 0 Å². The predicted octanol–water partition coefficient (Wildman–Crippen LogP) is 3.17. The molecular formula is C13H12ClNO. The van der Waals surface area contributed by atoms with E-state index in [1.54, 1.807) is 18.2 Å². The van der Waals surface area contributed by atoms with Gasteiger partial charge >= 0.3 is 0 Å². The number of aromatic hydroxyl groups is 1. The molecule has 2 aromatic rings. The van der Waals surface area contributed by atoms with Gasteiger partial charge in [-0.2, -0.15) is 0 Å². The molecule has 0 heterocycles. The van der Waals surface area contributed by atoms with Crippen LogP contribution in [-0.2, 0) is 6.54 Å². The van der Waals surface area contributed by atoms with E-state index in [4.69, 9.17) is 17.3 Å². The Labute approximate surface area is 99.3 Å². The van der Waals surface area contributed by atoms with Crippen molar-refractivity contribution in [1.29, 1.82) is 0 Å².